The molecule has 0 aliphatic heterocycles. The molecule has 0 rings (SSSR count). The van der Waals surface area contributed by atoms with E-state index in [1.807, 2.05) is 13.8 Å². The minimum absolute atomic E-state index is 0.0649. The first-order valence-electron chi connectivity index (χ1n) is 5.79. The maximum Gasteiger partial charge on any atom is 0.230 e. The molecule has 5 heteroatoms. The van der Waals surface area contributed by atoms with Crippen molar-refractivity contribution in [1.82, 2.24) is 5.32 Å². The Morgan fingerprint density at radius 1 is 1.18 bits per heavy atom. The average molecular weight is 467 g/mol. The lowest BCUT2D eigenvalue weighted by atomic mass is 10.0. The van der Waals surface area contributed by atoms with Crippen molar-refractivity contribution in [3.05, 3.63) is 0 Å². The SMILES string of the molecule is CC(C)(CCOC(C)(C)CCI)NC(=O)CI. The fourth-order valence-electron chi connectivity index (χ4n) is 1.36. The summed E-state index contributed by atoms with van der Waals surface area (Å²) in [5.41, 5.74) is -0.257. The second kappa shape index (κ2) is 8.14. The predicted molar refractivity (Wildman–Crippen MR) is 89.3 cm³/mol. The Kier molecular flexibility index (Phi) is 8.57. The van der Waals surface area contributed by atoms with E-state index in [4.69, 9.17) is 4.74 Å². The van der Waals surface area contributed by atoms with Crippen molar-refractivity contribution in [3.8, 4) is 0 Å². The molecule has 0 saturated heterocycles. The van der Waals surface area contributed by atoms with Gasteiger partial charge >= 0.3 is 0 Å². The maximum atomic E-state index is 11.3. The number of hydrogen-bond donors (Lipinski definition) is 1. The van der Waals surface area contributed by atoms with Crippen LogP contribution in [0.4, 0.5) is 0 Å². The first-order valence-corrected chi connectivity index (χ1v) is 8.84. The van der Waals surface area contributed by atoms with Crippen LogP contribution >= 0.6 is 45.2 Å². The normalized spacial score (nSPS) is 12.6. The Bertz CT molecular complexity index is 243. The van der Waals surface area contributed by atoms with Gasteiger partial charge in [0.2, 0.25) is 5.91 Å². The van der Waals surface area contributed by atoms with Gasteiger partial charge in [0.05, 0.1) is 10.0 Å². The van der Waals surface area contributed by atoms with E-state index in [-0.39, 0.29) is 17.0 Å². The number of ether oxygens (including phenoxy) is 1. The van der Waals surface area contributed by atoms with Crippen LogP contribution in [0.1, 0.15) is 40.5 Å². The molecule has 0 bridgehead atoms. The van der Waals surface area contributed by atoms with Gasteiger partial charge in [-0.15, -0.1) is 0 Å². The molecule has 1 N–H and O–H groups in total. The van der Waals surface area contributed by atoms with Gasteiger partial charge in [0.1, 0.15) is 0 Å². The molecule has 0 spiro atoms. The molecule has 0 atom stereocenters. The molecule has 0 fully saturated rings. The molecular formula is C12H23I2NO2. The van der Waals surface area contributed by atoms with E-state index >= 15 is 0 Å². The Labute approximate surface area is 132 Å². The van der Waals surface area contributed by atoms with Gasteiger partial charge in [-0.25, -0.2) is 0 Å². The molecule has 0 aliphatic rings. The average Bonchev–Trinajstić information content (AvgIpc) is 2.15. The highest BCUT2D eigenvalue weighted by molar-refractivity contribution is 14.1. The minimum atomic E-state index is -0.192. The Morgan fingerprint density at radius 3 is 2.24 bits per heavy atom. The van der Waals surface area contributed by atoms with Gasteiger partial charge in [0.15, 0.2) is 0 Å². The summed E-state index contributed by atoms with van der Waals surface area (Å²) < 4.78 is 7.46. The van der Waals surface area contributed by atoms with Crippen molar-refractivity contribution < 1.29 is 9.53 Å². The summed E-state index contributed by atoms with van der Waals surface area (Å²) in [7, 11) is 0. The van der Waals surface area contributed by atoms with Gasteiger partial charge in [-0.3, -0.25) is 4.79 Å². The van der Waals surface area contributed by atoms with Crippen LogP contribution in [-0.4, -0.2) is 32.5 Å². The summed E-state index contributed by atoms with van der Waals surface area (Å²) in [6.45, 7) is 8.97. The van der Waals surface area contributed by atoms with E-state index < -0.39 is 0 Å². The molecule has 3 nitrogen and oxygen atoms in total. The summed E-state index contributed by atoms with van der Waals surface area (Å²) in [5, 5.41) is 3.00. The topological polar surface area (TPSA) is 38.3 Å². The van der Waals surface area contributed by atoms with Gasteiger partial charge < -0.3 is 10.1 Å². The van der Waals surface area contributed by atoms with E-state index in [1.165, 1.54) is 0 Å². The molecule has 102 valence electrons. The number of rotatable bonds is 8. The summed E-state index contributed by atoms with van der Waals surface area (Å²) in [6.07, 6.45) is 1.88. The van der Waals surface area contributed by atoms with Gasteiger partial charge in [0, 0.05) is 16.6 Å². The molecule has 0 unspecified atom stereocenters. The van der Waals surface area contributed by atoms with E-state index in [9.17, 15) is 4.79 Å². The first kappa shape index (κ1) is 17.9. The van der Waals surface area contributed by atoms with Gasteiger partial charge in [-0.2, -0.15) is 0 Å². The lowest BCUT2D eigenvalue weighted by molar-refractivity contribution is -0.120. The van der Waals surface area contributed by atoms with Gasteiger partial charge in [-0.1, -0.05) is 45.2 Å². The largest absolute Gasteiger partial charge is 0.375 e. The number of amides is 1. The van der Waals surface area contributed by atoms with Crippen molar-refractivity contribution in [2.24, 2.45) is 0 Å². The number of nitrogens with one attached hydrogen (secondary N) is 1. The molecule has 0 aromatic rings. The van der Waals surface area contributed by atoms with Gasteiger partial charge in [-0.05, 0) is 40.5 Å². The monoisotopic (exact) mass is 467 g/mol. The van der Waals surface area contributed by atoms with E-state index in [2.05, 4.69) is 64.3 Å². The third kappa shape index (κ3) is 9.47. The van der Waals surface area contributed by atoms with Crippen molar-refractivity contribution in [3.63, 3.8) is 0 Å². The lowest BCUT2D eigenvalue weighted by Crippen LogP contribution is -2.45. The number of halogens is 2. The zero-order valence-corrected chi connectivity index (χ0v) is 15.4. The summed E-state index contributed by atoms with van der Waals surface area (Å²) >= 11 is 4.43. The van der Waals surface area contributed by atoms with Crippen molar-refractivity contribution >= 4 is 51.1 Å². The molecule has 0 aliphatic carbocycles. The summed E-state index contributed by atoms with van der Waals surface area (Å²) in [4.78, 5) is 11.3. The van der Waals surface area contributed by atoms with E-state index in [0.717, 1.165) is 17.3 Å². The Balaban J connectivity index is 3.98. The third-order valence-corrected chi connectivity index (χ3v) is 3.75. The summed E-state index contributed by atoms with van der Waals surface area (Å²) in [6, 6.07) is 0. The van der Waals surface area contributed by atoms with Crippen LogP contribution in [-0.2, 0) is 9.53 Å². The molecule has 1 amide bonds. The van der Waals surface area contributed by atoms with E-state index in [1.54, 1.807) is 0 Å². The zero-order valence-electron chi connectivity index (χ0n) is 11.1. The highest BCUT2D eigenvalue weighted by Gasteiger charge is 2.22. The molecule has 0 heterocycles. The predicted octanol–water partition coefficient (Wildman–Crippen LogP) is 3.33. The zero-order chi connectivity index (χ0) is 13.5. The van der Waals surface area contributed by atoms with Crippen LogP contribution < -0.4 is 5.32 Å². The fraction of sp³-hybridized carbons (Fsp3) is 0.917. The van der Waals surface area contributed by atoms with Gasteiger partial charge in [0.25, 0.3) is 0 Å². The van der Waals surface area contributed by atoms with Crippen LogP contribution in [0.5, 0.6) is 0 Å². The highest BCUT2D eigenvalue weighted by atomic mass is 127. The third-order valence-electron chi connectivity index (χ3n) is 2.52. The van der Waals surface area contributed by atoms with Crippen LogP contribution in [0.15, 0.2) is 0 Å². The second-order valence-corrected chi connectivity index (χ2v) is 7.20. The number of hydrogen-bond acceptors (Lipinski definition) is 2. The Morgan fingerprint density at radius 2 is 1.76 bits per heavy atom. The fourth-order valence-corrected chi connectivity index (χ4v) is 2.85. The molecule has 0 aromatic carbocycles. The molecule has 17 heavy (non-hydrogen) atoms. The number of alkyl halides is 2. The van der Waals surface area contributed by atoms with Crippen molar-refractivity contribution in [1.29, 1.82) is 0 Å². The lowest BCUT2D eigenvalue weighted by Gasteiger charge is -2.29. The van der Waals surface area contributed by atoms with Crippen molar-refractivity contribution in [2.75, 3.05) is 15.5 Å². The molecular weight excluding hydrogens is 444 g/mol. The standard InChI is InChI=1S/C12H23I2NO2/c1-11(2,15-10(16)9-14)6-8-17-12(3,4)5-7-13/h5-9H2,1-4H3,(H,15,16). The van der Waals surface area contributed by atoms with Crippen LogP contribution in [0, 0.1) is 0 Å². The second-order valence-electron chi connectivity index (χ2n) is 5.36. The van der Waals surface area contributed by atoms with Crippen LogP contribution in [0.25, 0.3) is 0 Å². The number of carbonyl (C=O) groups is 1. The highest BCUT2D eigenvalue weighted by Crippen LogP contribution is 2.18. The maximum absolute atomic E-state index is 11.3. The first-order chi connectivity index (χ1) is 7.72. The molecule has 0 aromatic heterocycles. The summed E-state index contributed by atoms with van der Waals surface area (Å²) in [5.74, 6) is 0.0853. The molecule has 0 radical (unpaired) electrons. The smallest absolute Gasteiger partial charge is 0.230 e. The minimum Gasteiger partial charge on any atom is -0.375 e. The number of carbonyl (C=O) groups excluding carboxylic acids is 1. The van der Waals surface area contributed by atoms with E-state index in [0.29, 0.717) is 11.0 Å². The van der Waals surface area contributed by atoms with Crippen LogP contribution in [0.2, 0.25) is 0 Å². The Hall–Kier alpha value is 0.890. The molecule has 0 saturated carbocycles. The van der Waals surface area contributed by atoms with Crippen LogP contribution in [0.3, 0.4) is 0 Å². The quantitative estimate of drug-likeness (QED) is 0.440. The van der Waals surface area contributed by atoms with Crippen molar-refractivity contribution in [2.45, 2.75) is 51.7 Å².